The summed E-state index contributed by atoms with van der Waals surface area (Å²) in [7, 11) is 0. The Morgan fingerprint density at radius 2 is 1.88 bits per heavy atom. The SMILES string of the molecule is CC(NC(=O)CNc1ccc(C(N)=O)c(Cl)c1)c1ccc(Br)cc1. The average molecular weight is 411 g/mol. The summed E-state index contributed by atoms with van der Waals surface area (Å²) >= 11 is 9.35. The maximum Gasteiger partial charge on any atom is 0.250 e. The highest BCUT2D eigenvalue weighted by molar-refractivity contribution is 9.10. The maximum atomic E-state index is 12.0. The molecule has 2 amide bonds. The number of rotatable bonds is 6. The topological polar surface area (TPSA) is 84.2 Å². The summed E-state index contributed by atoms with van der Waals surface area (Å²) in [5.41, 5.74) is 7.09. The number of amides is 2. The zero-order valence-corrected chi connectivity index (χ0v) is 15.3. The number of carbonyl (C=O) groups excluding carboxylic acids is 2. The Hall–Kier alpha value is -2.05. The molecule has 2 rings (SSSR count). The lowest BCUT2D eigenvalue weighted by molar-refractivity contribution is -0.120. The molecule has 0 aliphatic carbocycles. The van der Waals surface area contributed by atoms with Gasteiger partial charge in [-0.05, 0) is 42.8 Å². The molecule has 4 N–H and O–H groups in total. The number of primary amides is 1. The lowest BCUT2D eigenvalue weighted by atomic mass is 10.1. The third-order valence-electron chi connectivity index (χ3n) is 3.44. The fraction of sp³-hybridized carbons (Fsp3) is 0.176. The smallest absolute Gasteiger partial charge is 0.250 e. The molecule has 126 valence electrons. The second-order valence-corrected chi connectivity index (χ2v) is 6.58. The Balaban J connectivity index is 1.90. The molecule has 0 saturated heterocycles. The first-order chi connectivity index (χ1) is 11.4. The van der Waals surface area contributed by atoms with Gasteiger partial charge in [0.25, 0.3) is 0 Å². The highest BCUT2D eigenvalue weighted by Crippen LogP contribution is 2.20. The largest absolute Gasteiger partial charge is 0.376 e. The molecule has 0 saturated carbocycles. The minimum atomic E-state index is -0.590. The van der Waals surface area contributed by atoms with E-state index in [1.165, 1.54) is 6.07 Å². The molecule has 0 aliphatic heterocycles. The van der Waals surface area contributed by atoms with Crippen molar-refractivity contribution in [3.8, 4) is 0 Å². The Morgan fingerprint density at radius 3 is 2.46 bits per heavy atom. The molecule has 2 aromatic rings. The number of hydrogen-bond acceptors (Lipinski definition) is 3. The van der Waals surface area contributed by atoms with E-state index in [0.29, 0.717) is 5.69 Å². The third kappa shape index (κ3) is 4.97. The van der Waals surface area contributed by atoms with Gasteiger partial charge in [-0.3, -0.25) is 9.59 Å². The molecular weight excluding hydrogens is 394 g/mol. The maximum absolute atomic E-state index is 12.0. The van der Waals surface area contributed by atoms with Crippen LogP contribution in [0.4, 0.5) is 5.69 Å². The van der Waals surface area contributed by atoms with Gasteiger partial charge < -0.3 is 16.4 Å². The van der Waals surface area contributed by atoms with E-state index in [1.807, 2.05) is 31.2 Å². The number of halogens is 2. The Labute approximate surface area is 153 Å². The molecule has 0 aliphatic rings. The summed E-state index contributed by atoms with van der Waals surface area (Å²) in [6, 6.07) is 12.4. The van der Waals surface area contributed by atoms with Crippen LogP contribution in [0.3, 0.4) is 0 Å². The highest BCUT2D eigenvalue weighted by atomic mass is 79.9. The van der Waals surface area contributed by atoms with Crippen molar-refractivity contribution >= 4 is 45.0 Å². The third-order valence-corrected chi connectivity index (χ3v) is 4.28. The van der Waals surface area contributed by atoms with E-state index in [0.717, 1.165) is 10.0 Å². The van der Waals surface area contributed by atoms with Crippen LogP contribution in [-0.2, 0) is 4.79 Å². The van der Waals surface area contributed by atoms with Crippen LogP contribution in [0.15, 0.2) is 46.9 Å². The number of carbonyl (C=O) groups is 2. The summed E-state index contributed by atoms with van der Waals surface area (Å²) < 4.78 is 0.989. The normalized spacial score (nSPS) is 11.6. The van der Waals surface area contributed by atoms with Crippen LogP contribution in [0.2, 0.25) is 5.02 Å². The van der Waals surface area contributed by atoms with Crippen LogP contribution in [0.5, 0.6) is 0 Å². The van der Waals surface area contributed by atoms with E-state index in [-0.39, 0.29) is 29.1 Å². The van der Waals surface area contributed by atoms with E-state index in [4.69, 9.17) is 17.3 Å². The number of benzene rings is 2. The van der Waals surface area contributed by atoms with Crippen molar-refractivity contribution in [2.75, 3.05) is 11.9 Å². The molecular formula is C17H17BrClN3O2. The summed E-state index contributed by atoms with van der Waals surface area (Å²) in [5.74, 6) is -0.742. The van der Waals surface area contributed by atoms with Crippen LogP contribution >= 0.6 is 27.5 Å². The molecule has 24 heavy (non-hydrogen) atoms. The van der Waals surface area contributed by atoms with Crippen molar-refractivity contribution in [2.45, 2.75) is 13.0 Å². The molecule has 0 bridgehead atoms. The number of anilines is 1. The Kier molecular flexibility index (Phi) is 6.23. The van der Waals surface area contributed by atoms with Gasteiger partial charge in [-0.25, -0.2) is 0 Å². The molecule has 0 heterocycles. The fourth-order valence-corrected chi connectivity index (χ4v) is 2.67. The second kappa shape index (κ2) is 8.17. The van der Waals surface area contributed by atoms with E-state index >= 15 is 0 Å². The first-order valence-electron chi connectivity index (χ1n) is 7.25. The molecule has 0 aromatic heterocycles. The lowest BCUT2D eigenvalue weighted by Gasteiger charge is -2.15. The monoisotopic (exact) mass is 409 g/mol. The zero-order chi connectivity index (χ0) is 17.7. The molecule has 1 unspecified atom stereocenters. The van der Waals surface area contributed by atoms with E-state index in [2.05, 4.69) is 26.6 Å². The van der Waals surface area contributed by atoms with Gasteiger partial charge in [0.1, 0.15) is 0 Å². The van der Waals surface area contributed by atoms with Crippen LogP contribution in [0.25, 0.3) is 0 Å². The minimum absolute atomic E-state index is 0.0904. The molecule has 2 aromatic carbocycles. The van der Waals surface area contributed by atoms with Crippen molar-refractivity contribution in [1.82, 2.24) is 5.32 Å². The van der Waals surface area contributed by atoms with Crippen LogP contribution in [-0.4, -0.2) is 18.4 Å². The molecule has 0 radical (unpaired) electrons. The quantitative estimate of drug-likeness (QED) is 0.681. The molecule has 5 nitrogen and oxygen atoms in total. The standard InChI is InChI=1S/C17H17BrClN3O2/c1-10(11-2-4-12(18)5-3-11)22-16(23)9-21-13-6-7-14(17(20)24)15(19)8-13/h2-8,10,21H,9H2,1H3,(H2,20,24)(H,22,23). The van der Waals surface area contributed by atoms with Crippen LogP contribution < -0.4 is 16.4 Å². The lowest BCUT2D eigenvalue weighted by Crippen LogP contribution is -2.32. The predicted molar refractivity (Wildman–Crippen MR) is 99.2 cm³/mol. The Morgan fingerprint density at radius 1 is 1.21 bits per heavy atom. The number of nitrogens with one attached hydrogen (secondary N) is 2. The molecule has 1 atom stereocenters. The minimum Gasteiger partial charge on any atom is -0.376 e. The van der Waals surface area contributed by atoms with Gasteiger partial charge in [0, 0.05) is 10.2 Å². The van der Waals surface area contributed by atoms with E-state index < -0.39 is 5.91 Å². The number of nitrogens with two attached hydrogens (primary N) is 1. The van der Waals surface area contributed by atoms with Crippen molar-refractivity contribution in [3.63, 3.8) is 0 Å². The van der Waals surface area contributed by atoms with E-state index in [9.17, 15) is 9.59 Å². The molecule has 0 spiro atoms. The van der Waals surface area contributed by atoms with Gasteiger partial charge in [-0.1, -0.05) is 39.7 Å². The Bertz CT molecular complexity index is 750. The van der Waals surface area contributed by atoms with Gasteiger partial charge in [-0.2, -0.15) is 0 Å². The van der Waals surface area contributed by atoms with E-state index in [1.54, 1.807) is 12.1 Å². The van der Waals surface area contributed by atoms with Crippen molar-refractivity contribution < 1.29 is 9.59 Å². The van der Waals surface area contributed by atoms with Crippen molar-refractivity contribution in [2.24, 2.45) is 5.73 Å². The van der Waals surface area contributed by atoms with Gasteiger partial charge in [0.2, 0.25) is 11.8 Å². The second-order valence-electron chi connectivity index (χ2n) is 5.25. The van der Waals surface area contributed by atoms with Crippen LogP contribution in [0.1, 0.15) is 28.9 Å². The van der Waals surface area contributed by atoms with Crippen LogP contribution in [0, 0.1) is 0 Å². The summed E-state index contributed by atoms with van der Waals surface area (Å²) in [5, 5.41) is 6.11. The number of hydrogen-bond donors (Lipinski definition) is 3. The first kappa shape index (κ1) is 18.3. The summed E-state index contributed by atoms with van der Waals surface area (Å²) in [6.07, 6.45) is 0. The summed E-state index contributed by atoms with van der Waals surface area (Å²) in [6.45, 7) is 2.01. The predicted octanol–water partition coefficient (Wildman–Crippen LogP) is 3.49. The first-order valence-corrected chi connectivity index (χ1v) is 8.42. The molecule has 0 fully saturated rings. The molecule has 7 heteroatoms. The zero-order valence-electron chi connectivity index (χ0n) is 13.0. The average Bonchev–Trinajstić information content (AvgIpc) is 2.53. The summed E-state index contributed by atoms with van der Waals surface area (Å²) in [4.78, 5) is 23.2. The van der Waals surface area contributed by atoms with Crippen molar-refractivity contribution in [1.29, 1.82) is 0 Å². The van der Waals surface area contributed by atoms with Crippen molar-refractivity contribution in [3.05, 3.63) is 63.1 Å². The highest BCUT2D eigenvalue weighted by Gasteiger charge is 2.10. The van der Waals surface area contributed by atoms with Gasteiger partial charge >= 0.3 is 0 Å². The fourth-order valence-electron chi connectivity index (χ4n) is 2.13. The van der Waals surface area contributed by atoms with Gasteiger partial charge in [0.05, 0.1) is 23.2 Å². The van der Waals surface area contributed by atoms with Gasteiger partial charge in [0.15, 0.2) is 0 Å². The van der Waals surface area contributed by atoms with Gasteiger partial charge in [-0.15, -0.1) is 0 Å².